The molecule has 8 heteroatoms. The fourth-order valence-corrected chi connectivity index (χ4v) is 2.79. The summed E-state index contributed by atoms with van der Waals surface area (Å²) in [6.07, 6.45) is -2.63. The van der Waals surface area contributed by atoms with Crippen LogP contribution in [0.1, 0.15) is 16.8 Å². The van der Waals surface area contributed by atoms with Crippen LogP contribution in [-0.2, 0) is 19.3 Å². The summed E-state index contributed by atoms with van der Waals surface area (Å²) in [5.41, 5.74) is 1.30. The van der Waals surface area contributed by atoms with Crippen molar-refractivity contribution in [2.45, 2.75) is 19.3 Å². The molecule has 2 heterocycles. The molecule has 1 aliphatic rings. The SMILES string of the molecule is CN1CCN(Cc2ccc(CNc3cnc(C(F)(F)F)cn3)cc2)CC1. The van der Waals surface area contributed by atoms with Gasteiger partial charge in [-0.25, -0.2) is 9.97 Å². The lowest BCUT2D eigenvalue weighted by atomic mass is 10.1. The number of alkyl halides is 3. The van der Waals surface area contributed by atoms with Crippen LogP contribution < -0.4 is 5.32 Å². The van der Waals surface area contributed by atoms with E-state index in [1.807, 2.05) is 12.1 Å². The van der Waals surface area contributed by atoms with Gasteiger partial charge >= 0.3 is 6.18 Å². The molecule has 0 unspecified atom stereocenters. The van der Waals surface area contributed by atoms with Crippen LogP contribution in [0.2, 0.25) is 0 Å². The van der Waals surface area contributed by atoms with Gasteiger partial charge in [0.25, 0.3) is 0 Å². The van der Waals surface area contributed by atoms with Crippen LogP contribution in [0.3, 0.4) is 0 Å². The molecule has 0 amide bonds. The molecule has 1 saturated heterocycles. The van der Waals surface area contributed by atoms with Crippen molar-refractivity contribution in [3.05, 3.63) is 53.5 Å². The van der Waals surface area contributed by atoms with Crippen molar-refractivity contribution in [2.24, 2.45) is 0 Å². The van der Waals surface area contributed by atoms with Crippen molar-refractivity contribution in [3.63, 3.8) is 0 Å². The molecular weight excluding hydrogens is 343 g/mol. The minimum Gasteiger partial charge on any atom is -0.365 e. The van der Waals surface area contributed by atoms with E-state index in [1.54, 1.807) is 0 Å². The molecule has 0 spiro atoms. The molecule has 0 bridgehead atoms. The van der Waals surface area contributed by atoms with Crippen LogP contribution in [-0.4, -0.2) is 53.0 Å². The molecule has 1 fully saturated rings. The van der Waals surface area contributed by atoms with Gasteiger partial charge in [-0.1, -0.05) is 24.3 Å². The Hall–Kier alpha value is -2.19. The van der Waals surface area contributed by atoms with E-state index in [0.29, 0.717) is 12.4 Å². The maximum absolute atomic E-state index is 12.5. The summed E-state index contributed by atoms with van der Waals surface area (Å²) >= 11 is 0. The number of aromatic nitrogens is 2. The molecule has 1 aliphatic heterocycles. The van der Waals surface area contributed by atoms with Crippen LogP contribution in [0.15, 0.2) is 36.7 Å². The second kappa shape index (κ2) is 8.01. The van der Waals surface area contributed by atoms with Crippen molar-refractivity contribution in [1.29, 1.82) is 0 Å². The van der Waals surface area contributed by atoms with Crippen LogP contribution in [0.25, 0.3) is 0 Å². The lowest BCUT2D eigenvalue weighted by Crippen LogP contribution is -2.43. The lowest BCUT2D eigenvalue weighted by molar-refractivity contribution is -0.141. The Bertz CT molecular complexity index is 692. The van der Waals surface area contributed by atoms with Gasteiger partial charge in [0.2, 0.25) is 0 Å². The molecule has 26 heavy (non-hydrogen) atoms. The number of benzene rings is 1. The topological polar surface area (TPSA) is 44.3 Å². The first-order valence-corrected chi connectivity index (χ1v) is 8.52. The average Bonchev–Trinajstić information content (AvgIpc) is 2.63. The number of hydrogen-bond acceptors (Lipinski definition) is 5. The maximum Gasteiger partial charge on any atom is 0.434 e. The first-order valence-electron chi connectivity index (χ1n) is 8.52. The van der Waals surface area contributed by atoms with E-state index in [-0.39, 0.29) is 0 Å². The fourth-order valence-electron chi connectivity index (χ4n) is 2.79. The Morgan fingerprint density at radius 2 is 1.62 bits per heavy atom. The first kappa shape index (κ1) is 18.6. The summed E-state index contributed by atoms with van der Waals surface area (Å²) in [5.74, 6) is 0.319. The highest BCUT2D eigenvalue weighted by Crippen LogP contribution is 2.26. The Morgan fingerprint density at radius 3 is 2.19 bits per heavy atom. The van der Waals surface area contributed by atoms with Gasteiger partial charge in [0.15, 0.2) is 5.69 Å². The number of likely N-dealkylation sites (N-methyl/N-ethyl adjacent to an activating group) is 1. The highest BCUT2D eigenvalue weighted by molar-refractivity contribution is 5.34. The third kappa shape index (κ3) is 5.15. The van der Waals surface area contributed by atoms with Crippen molar-refractivity contribution >= 4 is 5.82 Å². The van der Waals surface area contributed by atoms with Crippen LogP contribution in [0, 0.1) is 0 Å². The van der Waals surface area contributed by atoms with E-state index >= 15 is 0 Å². The van der Waals surface area contributed by atoms with Gasteiger partial charge in [0, 0.05) is 39.3 Å². The summed E-state index contributed by atoms with van der Waals surface area (Å²) in [6.45, 7) is 5.76. The molecule has 2 aromatic rings. The zero-order valence-electron chi connectivity index (χ0n) is 14.6. The smallest absolute Gasteiger partial charge is 0.365 e. The van der Waals surface area contributed by atoms with Crippen LogP contribution in [0.5, 0.6) is 0 Å². The molecule has 0 saturated carbocycles. The zero-order chi connectivity index (χ0) is 18.6. The molecule has 0 atom stereocenters. The van der Waals surface area contributed by atoms with Gasteiger partial charge in [0.05, 0.1) is 12.4 Å². The number of piperazine rings is 1. The van der Waals surface area contributed by atoms with Crippen LogP contribution >= 0.6 is 0 Å². The van der Waals surface area contributed by atoms with Crippen LogP contribution in [0.4, 0.5) is 19.0 Å². The molecule has 0 radical (unpaired) electrons. The zero-order valence-corrected chi connectivity index (χ0v) is 14.6. The minimum absolute atomic E-state index is 0.319. The quantitative estimate of drug-likeness (QED) is 0.883. The predicted molar refractivity (Wildman–Crippen MR) is 93.6 cm³/mol. The van der Waals surface area contributed by atoms with Crippen molar-refractivity contribution in [2.75, 3.05) is 38.5 Å². The van der Waals surface area contributed by atoms with Crippen molar-refractivity contribution < 1.29 is 13.2 Å². The molecule has 140 valence electrons. The van der Waals surface area contributed by atoms with Gasteiger partial charge in [-0.15, -0.1) is 0 Å². The van der Waals surface area contributed by atoms with Gasteiger partial charge in [-0.3, -0.25) is 4.90 Å². The number of hydrogen-bond donors (Lipinski definition) is 1. The normalized spacial score (nSPS) is 16.6. The van der Waals surface area contributed by atoms with E-state index in [1.165, 1.54) is 5.56 Å². The Labute approximate surface area is 150 Å². The average molecular weight is 365 g/mol. The van der Waals surface area contributed by atoms with Gasteiger partial charge in [-0.2, -0.15) is 13.2 Å². The third-order valence-corrected chi connectivity index (χ3v) is 4.44. The minimum atomic E-state index is -4.47. The number of nitrogens with zero attached hydrogens (tertiary/aromatic N) is 4. The third-order valence-electron chi connectivity index (χ3n) is 4.44. The van der Waals surface area contributed by atoms with Gasteiger partial charge < -0.3 is 10.2 Å². The highest BCUT2D eigenvalue weighted by Gasteiger charge is 2.32. The molecular formula is C18H22F3N5. The Kier molecular flexibility index (Phi) is 5.73. The maximum atomic E-state index is 12.5. The Morgan fingerprint density at radius 1 is 0.962 bits per heavy atom. The molecule has 1 aromatic carbocycles. The number of halogens is 3. The standard InChI is InChI=1S/C18H22F3N5/c1-25-6-8-26(9-7-25)13-15-4-2-14(3-5-15)10-23-17-12-22-16(11-24-17)18(19,20)21/h2-5,11-12H,6-10,13H2,1H3,(H,23,24). The summed E-state index contributed by atoms with van der Waals surface area (Å²) < 4.78 is 37.4. The summed E-state index contributed by atoms with van der Waals surface area (Å²) in [5, 5.41) is 2.99. The number of anilines is 1. The van der Waals surface area contributed by atoms with Gasteiger partial charge in [-0.05, 0) is 18.2 Å². The van der Waals surface area contributed by atoms with E-state index < -0.39 is 11.9 Å². The first-order chi connectivity index (χ1) is 12.4. The van der Waals surface area contributed by atoms with E-state index in [0.717, 1.165) is 50.7 Å². The predicted octanol–water partition coefficient (Wildman–Crippen LogP) is 2.85. The monoisotopic (exact) mass is 365 g/mol. The van der Waals surface area contributed by atoms with E-state index in [4.69, 9.17) is 0 Å². The molecule has 1 aromatic heterocycles. The van der Waals surface area contributed by atoms with E-state index in [2.05, 4.69) is 44.3 Å². The number of rotatable bonds is 5. The van der Waals surface area contributed by atoms with Crippen molar-refractivity contribution in [3.8, 4) is 0 Å². The summed E-state index contributed by atoms with van der Waals surface area (Å²) in [4.78, 5) is 11.9. The van der Waals surface area contributed by atoms with E-state index in [9.17, 15) is 13.2 Å². The number of nitrogens with one attached hydrogen (secondary N) is 1. The second-order valence-corrected chi connectivity index (χ2v) is 6.53. The summed E-state index contributed by atoms with van der Waals surface area (Å²) in [6, 6.07) is 8.23. The highest BCUT2D eigenvalue weighted by atomic mass is 19.4. The molecule has 0 aliphatic carbocycles. The summed E-state index contributed by atoms with van der Waals surface area (Å²) in [7, 11) is 2.14. The molecule has 1 N–H and O–H groups in total. The largest absolute Gasteiger partial charge is 0.434 e. The molecule has 5 nitrogen and oxygen atoms in total. The lowest BCUT2D eigenvalue weighted by Gasteiger charge is -2.32. The Balaban J connectivity index is 1.50. The van der Waals surface area contributed by atoms with Crippen molar-refractivity contribution in [1.82, 2.24) is 19.8 Å². The molecule has 3 rings (SSSR count). The van der Waals surface area contributed by atoms with Gasteiger partial charge in [0.1, 0.15) is 5.82 Å². The second-order valence-electron chi connectivity index (χ2n) is 6.53. The fraction of sp³-hybridized carbons (Fsp3) is 0.444.